The number of Topliss-reactive ketones (excluding diaryl/α,β-unsaturated/α-hetero) is 1. The standard InChI is InChI=1S/C91H113N11O24S2/c1-48-64(43-91(121)76(125-84(117)53-27-16-11-17-28-53)74-89(8,65(105)42-66-90(74,120)47-122-66)75(109)72(108)69(48)88(91,6)7)123-85(118)73(71(52-25-14-10-15-26-52)102-86(119)126-87(3,4)5)124-68(107)33-22-32-67(106)95-59(39-50-23-12-9-13-24-50)79(112)100-62-45-127-128-46-63(83(116)101-70(49(2)103)77(93)110)99-78(111)58(31-20-21-38-92)96-81(114)61(41-54-44-94-57-30-19-18-29-56(54)57)98-80(113)60(97-82(62)115)40-51-34-36-55(104)37-35-51/h9-19,23-30,34-37,44,49,58-66,70-74,76,94,103-105,108,120-121H,20-22,31-33,38-43,45-47,92H2,1-8H3,(H2,93,110)(H,95,106)(H,96,114)(H,97,115)(H,98,113)(H,99,111)(H,100,112)(H,101,116)(H,102,119)/t49-,58+,59-,60+,61-,62+,63+,64+,65+,66-,70+,71+,72-,73-,74+,76+,89-,90+,91-/m1/s1. The van der Waals surface area contributed by atoms with Gasteiger partial charge in [-0.05, 0) is 138 Å². The van der Waals surface area contributed by atoms with Crippen LogP contribution in [0.1, 0.15) is 145 Å². The van der Waals surface area contributed by atoms with Crippen molar-refractivity contribution in [2.24, 2.45) is 28.2 Å². The Hall–Kier alpha value is -11.3. The van der Waals surface area contributed by atoms with Gasteiger partial charge >= 0.3 is 24.0 Å². The summed E-state index contributed by atoms with van der Waals surface area (Å²) in [7, 11) is 1.81. The van der Waals surface area contributed by atoms with Crippen molar-refractivity contribution >= 4 is 110 Å². The molecule has 3 aliphatic carbocycles. The Bertz CT molecular complexity index is 5080. The number of benzene rings is 5. The first-order valence-electron chi connectivity index (χ1n) is 42.4. The molecule has 5 aromatic carbocycles. The first-order chi connectivity index (χ1) is 60.6. The summed E-state index contributed by atoms with van der Waals surface area (Å²) < 4.78 is 30.3. The number of rotatable bonds is 29. The van der Waals surface area contributed by atoms with Crippen LogP contribution >= 0.6 is 21.6 Å². The molecule has 9 amide bonds. The van der Waals surface area contributed by atoms with Crippen LogP contribution in [0.2, 0.25) is 0 Å². The molecule has 2 bridgehead atoms. The van der Waals surface area contributed by atoms with Crippen LogP contribution in [-0.2, 0) is 95.7 Å². The summed E-state index contributed by atoms with van der Waals surface area (Å²) >= 11 is 0. The molecule has 0 unspecified atom stereocenters. The maximum absolute atomic E-state index is 15.7. The number of aromatic amines is 1. The number of esters is 3. The Morgan fingerprint density at radius 1 is 0.703 bits per heavy atom. The van der Waals surface area contributed by atoms with Gasteiger partial charge in [0.05, 0.1) is 35.9 Å². The number of hydrogen-bond acceptors (Lipinski definition) is 27. The Morgan fingerprint density at radius 3 is 1.96 bits per heavy atom. The molecule has 0 spiro atoms. The van der Waals surface area contributed by atoms with E-state index in [0.717, 1.165) is 21.6 Å². The number of phenols is 1. The normalized spacial score (nSPS) is 26.8. The van der Waals surface area contributed by atoms with Gasteiger partial charge in [-0.15, -0.1) is 0 Å². The second-order valence-corrected chi connectivity index (χ2v) is 37.4. The number of fused-ring (bicyclic) bond motifs is 6. The Balaban J connectivity index is 0.882. The molecule has 35 nitrogen and oxygen atoms in total. The molecule has 37 heteroatoms. The zero-order valence-corrected chi connectivity index (χ0v) is 73.8. The maximum atomic E-state index is 15.7. The minimum atomic E-state index is -2.56. The van der Waals surface area contributed by atoms with E-state index < -0.39 is 228 Å². The number of H-pyrrole nitrogens is 1. The minimum absolute atomic E-state index is 0.00291. The zero-order valence-electron chi connectivity index (χ0n) is 72.2. The third kappa shape index (κ3) is 22.7. The van der Waals surface area contributed by atoms with Crippen molar-refractivity contribution < 1.29 is 117 Å². The van der Waals surface area contributed by atoms with Crippen molar-refractivity contribution in [3.63, 3.8) is 0 Å². The molecule has 1 aromatic heterocycles. The number of nitrogens with one attached hydrogen (secondary N) is 9. The van der Waals surface area contributed by atoms with E-state index in [9.17, 15) is 64.2 Å². The summed E-state index contributed by atoms with van der Waals surface area (Å²) in [6, 6.07) is 24.0. The molecule has 0 radical (unpaired) electrons. The molecule has 2 aliphatic heterocycles. The van der Waals surface area contributed by atoms with Gasteiger partial charge in [-0.1, -0.05) is 145 Å². The van der Waals surface area contributed by atoms with Crippen molar-refractivity contribution in [1.82, 2.24) is 47.5 Å². The van der Waals surface area contributed by atoms with E-state index in [0.29, 0.717) is 40.4 Å². The van der Waals surface area contributed by atoms with Gasteiger partial charge in [0.1, 0.15) is 89.2 Å². The lowest BCUT2D eigenvalue weighted by atomic mass is 9.44. The van der Waals surface area contributed by atoms with Crippen molar-refractivity contribution in [3.8, 4) is 5.75 Å². The molecule has 19 N–H and O–H groups in total. The topological polar surface area (TPSA) is 554 Å². The highest BCUT2D eigenvalue weighted by atomic mass is 33.1. The van der Waals surface area contributed by atoms with Crippen molar-refractivity contribution in [2.75, 3.05) is 24.7 Å². The van der Waals surface area contributed by atoms with Crippen LogP contribution in [0, 0.1) is 16.7 Å². The second kappa shape index (κ2) is 41.9. The van der Waals surface area contributed by atoms with Crippen LogP contribution in [0.5, 0.6) is 5.75 Å². The first kappa shape index (κ1) is 97.3. The van der Waals surface area contributed by atoms with Gasteiger partial charge in [0.2, 0.25) is 53.4 Å². The maximum Gasteiger partial charge on any atom is 0.408 e. The number of phenolic OH excluding ortho intramolecular Hbond substituents is 1. The highest BCUT2D eigenvalue weighted by molar-refractivity contribution is 8.76. The SMILES string of the molecule is CC1=C2[C@@H](O)C(=O)[C@@]3(C)[C@H]([C@H](OC(=O)c4ccccc4)[C@](O)(C[C@@H]1OC(=O)[C@H](OC(=O)CCCC(=O)N[C@H](Cc1ccccc1)C(=O)N[C@H]1CSSC[C@@H](C(=O)N[C@H](C(N)=O)[C@@H](C)O)NC(=O)[C@H](CCCCN)NC(=O)[C@@H](Cc4c[nH]c5ccccc45)NC(=O)[C@H](Cc4ccc(O)cc4)NC1=O)[C@@H](NC(=O)OC(C)(C)C)c1ccccc1)C2(C)C)[C@]1(O)CO[C@@H]1C[C@@H]3O. The number of aliphatic hydroxyl groups is 5. The number of aromatic nitrogens is 1. The van der Waals surface area contributed by atoms with Gasteiger partial charge < -0.3 is 113 Å². The lowest BCUT2D eigenvalue weighted by Crippen LogP contribution is -2.81. The number of primary amides is 1. The van der Waals surface area contributed by atoms with E-state index in [1.165, 1.54) is 83.1 Å². The molecule has 6 aromatic rings. The average Bonchev–Trinajstić information content (AvgIpc) is 0.674. The number of ketones is 1. The molecule has 11 rings (SSSR count). The number of hydrogen-bond donors (Lipinski definition) is 17. The van der Waals surface area contributed by atoms with Gasteiger partial charge in [0.25, 0.3) is 0 Å². The summed E-state index contributed by atoms with van der Waals surface area (Å²) in [5.41, 5.74) is 3.79. The van der Waals surface area contributed by atoms with Gasteiger partial charge in [0, 0.05) is 84.9 Å². The van der Waals surface area contributed by atoms with E-state index in [1.807, 2.05) is 0 Å². The molecular formula is C91H113N11O24S2. The van der Waals surface area contributed by atoms with Crippen molar-refractivity contribution in [3.05, 3.63) is 185 Å². The van der Waals surface area contributed by atoms with Gasteiger partial charge in [0.15, 0.2) is 5.78 Å². The molecule has 128 heavy (non-hydrogen) atoms. The molecule has 5 aliphatic rings. The predicted molar refractivity (Wildman–Crippen MR) is 468 cm³/mol. The quantitative estimate of drug-likeness (QED) is 0.0105. The summed E-state index contributed by atoms with van der Waals surface area (Å²) in [4.78, 5) is 195. The highest BCUT2D eigenvalue weighted by Gasteiger charge is 2.76. The first-order valence-corrected chi connectivity index (χ1v) is 44.9. The molecular weight excluding hydrogens is 1700 g/mol. The van der Waals surface area contributed by atoms with Crippen LogP contribution in [0.15, 0.2) is 157 Å². The summed E-state index contributed by atoms with van der Waals surface area (Å²) in [6.45, 7) is 11.4. The van der Waals surface area contributed by atoms with Crippen LogP contribution in [0.4, 0.5) is 4.79 Å². The minimum Gasteiger partial charge on any atom is -0.508 e. The molecule has 19 atom stereocenters. The number of carbonyl (C=O) groups excluding carboxylic acids is 13. The second-order valence-electron chi connectivity index (χ2n) is 34.9. The number of ether oxygens (including phenoxy) is 5. The van der Waals surface area contributed by atoms with E-state index in [2.05, 4.69) is 47.5 Å². The van der Waals surface area contributed by atoms with E-state index >= 15 is 28.8 Å². The van der Waals surface area contributed by atoms with Crippen LogP contribution in [-0.4, -0.2) is 239 Å². The molecule has 3 heterocycles. The van der Waals surface area contributed by atoms with Gasteiger partial charge in [-0.3, -0.25) is 47.9 Å². The number of amides is 9. The fourth-order valence-corrected chi connectivity index (χ4v) is 19.7. The van der Waals surface area contributed by atoms with Crippen molar-refractivity contribution in [2.45, 2.75) is 234 Å². The third-order valence-electron chi connectivity index (χ3n) is 24.4. The van der Waals surface area contributed by atoms with E-state index in [-0.39, 0.29) is 84.6 Å². The fourth-order valence-electron chi connectivity index (χ4n) is 17.4. The summed E-state index contributed by atoms with van der Waals surface area (Å²) in [5.74, 6) is -14.8. The number of carbonyl (C=O) groups is 13. The van der Waals surface area contributed by atoms with Crippen molar-refractivity contribution in [1.29, 1.82) is 0 Å². The lowest BCUT2D eigenvalue weighted by Gasteiger charge is -2.66. The fraction of sp³-hybridized carbons (Fsp3) is 0.484. The number of aromatic hydroxyl groups is 1. The number of nitrogens with two attached hydrogens (primary N) is 2. The Morgan fingerprint density at radius 2 is 1.32 bits per heavy atom. The van der Waals surface area contributed by atoms with Crippen LogP contribution in [0.3, 0.4) is 0 Å². The molecule has 2 saturated carbocycles. The Labute approximate surface area is 747 Å². The van der Waals surface area contributed by atoms with Crippen LogP contribution in [0.25, 0.3) is 10.9 Å². The number of unbranched alkanes of at least 4 members (excludes halogenated alkanes) is 1. The largest absolute Gasteiger partial charge is 0.508 e. The number of alkyl carbamates (subject to hydrolysis) is 1. The number of para-hydroxylation sites is 1. The van der Waals surface area contributed by atoms with E-state index in [1.54, 1.807) is 118 Å². The smallest absolute Gasteiger partial charge is 0.408 e. The number of aliphatic hydroxyl groups excluding tert-OH is 3. The average molecular weight is 1810 g/mol. The molecule has 688 valence electrons. The Kier molecular flexibility index (Phi) is 31.8. The highest BCUT2D eigenvalue weighted by Crippen LogP contribution is 2.63. The van der Waals surface area contributed by atoms with E-state index in [4.69, 9.17) is 35.2 Å². The zero-order chi connectivity index (χ0) is 92.9. The molecule has 4 fully saturated rings. The third-order valence-corrected chi connectivity index (χ3v) is 26.9. The summed E-state index contributed by atoms with van der Waals surface area (Å²) in [5, 5.41) is 94.4. The van der Waals surface area contributed by atoms with Gasteiger partial charge in [-0.25, -0.2) is 14.4 Å². The summed E-state index contributed by atoms with van der Waals surface area (Å²) in [6.07, 6.45) is -14.5. The monoisotopic (exact) mass is 1810 g/mol. The predicted octanol–water partition coefficient (Wildman–Crippen LogP) is 3.11. The lowest BCUT2D eigenvalue weighted by molar-refractivity contribution is -0.343. The van der Waals surface area contributed by atoms with Crippen LogP contribution < -0.4 is 54.0 Å². The van der Waals surface area contributed by atoms with Gasteiger partial charge in [-0.2, -0.15) is 0 Å². The molecule has 2 saturated heterocycles.